The van der Waals surface area contributed by atoms with E-state index in [1.165, 1.54) is 70.6 Å². The minimum atomic E-state index is -0.730. The van der Waals surface area contributed by atoms with Gasteiger partial charge in [-0.15, -0.1) is 24.8 Å². The molecule has 0 amide bonds. The van der Waals surface area contributed by atoms with Crippen LogP contribution in [0.25, 0.3) is 0 Å². The van der Waals surface area contributed by atoms with E-state index < -0.39 is 6.10 Å². The number of hydrogen-bond acceptors (Lipinski definition) is 4. The number of aliphatic hydroxyl groups is 2. The van der Waals surface area contributed by atoms with Gasteiger partial charge in [0.1, 0.15) is 25.8 Å². The summed E-state index contributed by atoms with van der Waals surface area (Å²) in [6.07, 6.45) is 20.7. The van der Waals surface area contributed by atoms with Crippen LogP contribution >= 0.6 is 24.8 Å². The molecule has 0 aliphatic heterocycles. The van der Waals surface area contributed by atoms with Gasteiger partial charge in [0.05, 0.1) is 20.7 Å². The second-order valence-electron chi connectivity index (χ2n) is 9.23. The maximum absolute atomic E-state index is 11.8. The van der Waals surface area contributed by atoms with Crippen LogP contribution in [0.2, 0.25) is 0 Å². The number of halogens is 2. The largest absolute Gasteiger partial charge is 0.460 e. The molecule has 0 aromatic rings. The maximum atomic E-state index is 11.8. The highest BCUT2D eigenvalue weighted by Crippen LogP contribution is 2.10. The quantitative estimate of drug-likeness (QED) is 0.0898. The van der Waals surface area contributed by atoms with E-state index in [1.54, 1.807) is 0 Å². The summed E-state index contributed by atoms with van der Waals surface area (Å²) < 4.78 is 5.82. The number of aliphatic hydroxyl groups excluding tert-OH is 2. The Kier molecular flexibility index (Phi) is 28.6. The SMILES string of the molecule is CCCCCCCCC=CCCCCCCCC(=O)OCC[N+](C)(C)CC(O)CO.Cl.Cl. The van der Waals surface area contributed by atoms with Crippen molar-refractivity contribution >= 4 is 30.8 Å². The summed E-state index contributed by atoms with van der Waals surface area (Å²) in [6, 6.07) is 0. The van der Waals surface area contributed by atoms with Crippen LogP contribution in [-0.4, -0.2) is 67.2 Å². The monoisotopic (exact) mass is 500 g/mol. The van der Waals surface area contributed by atoms with Crippen LogP contribution in [0.1, 0.15) is 96.8 Å². The number of carbonyl (C=O) groups excluding carboxylic acids is 1. The lowest BCUT2D eigenvalue weighted by Crippen LogP contribution is -2.48. The van der Waals surface area contributed by atoms with Crippen LogP contribution in [0.3, 0.4) is 0 Å². The second-order valence-corrected chi connectivity index (χ2v) is 9.23. The molecule has 2 N–H and O–H groups in total. The number of likely N-dealkylation sites (N-methyl/N-ethyl adjacent to an activating group) is 1. The molecule has 194 valence electrons. The van der Waals surface area contributed by atoms with Crippen LogP contribution in [0, 0.1) is 0 Å². The van der Waals surface area contributed by atoms with E-state index in [4.69, 9.17) is 9.84 Å². The number of nitrogens with zero attached hydrogens (tertiary/aromatic N) is 1. The van der Waals surface area contributed by atoms with Crippen molar-refractivity contribution in [1.29, 1.82) is 0 Å². The molecule has 0 saturated carbocycles. The summed E-state index contributed by atoms with van der Waals surface area (Å²) in [4.78, 5) is 11.8. The number of unbranched alkanes of at least 4 members (excludes halogenated alkanes) is 11. The molecule has 0 fully saturated rings. The fourth-order valence-corrected chi connectivity index (χ4v) is 3.54. The third kappa shape index (κ3) is 25.9. The molecule has 5 nitrogen and oxygen atoms in total. The van der Waals surface area contributed by atoms with E-state index >= 15 is 0 Å². The third-order valence-corrected chi connectivity index (χ3v) is 5.52. The third-order valence-electron chi connectivity index (χ3n) is 5.52. The Hall–Kier alpha value is -0.330. The lowest BCUT2D eigenvalue weighted by Gasteiger charge is -2.31. The Labute approximate surface area is 210 Å². The number of quaternary nitrogens is 1. The average Bonchev–Trinajstić information content (AvgIpc) is 2.70. The number of ether oxygens (including phenoxy) is 1. The smallest absolute Gasteiger partial charge is 0.305 e. The van der Waals surface area contributed by atoms with E-state index in [-0.39, 0.29) is 37.4 Å². The zero-order valence-electron chi connectivity index (χ0n) is 20.9. The highest BCUT2D eigenvalue weighted by Gasteiger charge is 2.20. The van der Waals surface area contributed by atoms with Gasteiger partial charge in [0, 0.05) is 6.42 Å². The van der Waals surface area contributed by atoms with E-state index in [2.05, 4.69) is 19.1 Å². The van der Waals surface area contributed by atoms with Crippen LogP contribution in [0.15, 0.2) is 12.2 Å². The Balaban J connectivity index is -0.00000420. The van der Waals surface area contributed by atoms with Gasteiger partial charge in [-0.25, -0.2) is 0 Å². The van der Waals surface area contributed by atoms with Crippen molar-refractivity contribution in [3.63, 3.8) is 0 Å². The first-order chi connectivity index (χ1) is 14.4. The molecule has 1 atom stereocenters. The summed E-state index contributed by atoms with van der Waals surface area (Å²) in [6.45, 7) is 3.46. The summed E-state index contributed by atoms with van der Waals surface area (Å²) >= 11 is 0. The molecule has 1 unspecified atom stereocenters. The van der Waals surface area contributed by atoms with Crippen molar-refractivity contribution in [3.8, 4) is 0 Å². The molecule has 32 heavy (non-hydrogen) atoms. The van der Waals surface area contributed by atoms with Gasteiger partial charge in [0.25, 0.3) is 0 Å². The predicted molar refractivity (Wildman–Crippen MR) is 140 cm³/mol. The van der Waals surface area contributed by atoms with Gasteiger partial charge >= 0.3 is 5.97 Å². The lowest BCUT2D eigenvalue weighted by molar-refractivity contribution is -0.893. The van der Waals surface area contributed by atoms with E-state index in [0.29, 0.717) is 30.6 Å². The van der Waals surface area contributed by atoms with Gasteiger partial charge in [-0.2, -0.15) is 0 Å². The van der Waals surface area contributed by atoms with Crippen molar-refractivity contribution in [2.75, 3.05) is 40.4 Å². The number of esters is 1. The van der Waals surface area contributed by atoms with E-state index in [9.17, 15) is 9.90 Å². The topological polar surface area (TPSA) is 66.8 Å². The number of carbonyl (C=O) groups is 1. The summed E-state index contributed by atoms with van der Waals surface area (Å²) in [5.74, 6) is -0.129. The normalized spacial score (nSPS) is 12.3. The Morgan fingerprint density at radius 1 is 0.875 bits per heavy atom. The highest BCUT2D eigenvalue weighted by molar-refractivity contribution is 5.85. The minimum absolute atomic E-state index is 0. The molecule has 0 saturated heterocycles. The summed E-state index contributed by atoms with van der Waals surface area (Å²) in [5, 5.41) is 18.5. The van der Waals surface area contributed by atoms with Gasteiger partial charge < -0.3 is 19.4 Å². The molecular weight excluding hydrogens is 449 g/mol. The number of allylic oxidation sites excluding steroid dienone is 2. The second kappa shape index (κ2) is 25.3. The van der Waals surface area contributed by atoms with Gasteiger partial charge in [-0.05, 0) is 32.1 Å². The molecular formula is C25H52Cl2NO4+. The lowest BCUT2D eigenvalue weighted by atomic mass is 10.1. The van der Waals surface area contributed by atoms with Crippen LogP contribution in [-0.2, 0) is 9.53 Å². The van der Waals surface area contributed by atoms with Gasteiger partial charge in [-0.1, -0.05) is 70.4 Å². The molecule has 0 heterocycles. The standard InChI is InChI=1S/C25H50NO4.2ClH/c1-4-5-6-7-8-9-10-11-12-13-14-15-16-17-18-19-25(29)30-21-20-26(2,3)22-24(28)23-27;;/h11-12,24,27-28H,4-10,13-23H2,1-3H3;2*1H/q+1;;. The highest BCUT2D eigenvalue weighted by atomic mass is 35.5. The fraction of sp³-hybridized carbons (Fsp3) is 0.880. The van der Waals surface area contributed by atoms with Crippen LogP contribution in [0.5, 0.6) is 0 Å². The molecule has 0 aliphatic rings. The Morgan fingerprint density at radius 2 is 1.38 bits per heavy atom. The Morgan fingerprint density at radius 3 is 1.91 bits per heavy atom. The first-order valence-corrected chi connectivity index (χ1v) is 12.3. The van der Waals surface area contributed by atoms with Gasteiger partial charge in [0.15, 0.2) is 0 Å². The van der Waals surface area contributed by atoms with Crippen molar-refractivity contribution in [3.05, 3.63) is 12.2 Å². The van der Waals surface area contributed by atoms with Crippen molar-refractivity contribution in [2.45, 2.75) is 103 Å². The minimum Gasteiger partial charge on any atom is -0.460 e. The molecule has 0 aromatic carbocycles. The first-order valence-electron chi connectivity index (χ1n) is 12.3. The van der Waals surface area contributed by atoms with E-state index in [0.717, 1.165) is 12.8 Å². The molecule has 7 heteroatoms. The molecule has 0 aliphatic carbocycles. The van der Waals surface area contributed by atoms with Gasteiger partial charge in [0.2, 0.25) is 0 Å². The predicted octanol–water partition coefficient (Wildman–Crippen LogP) is 5.84. The van der Waals surface area contributed by atoms with E-state index in [1.807, 2.05) is 14.1 Å². The zero-order chi connectivity index (χ0) is 22.5. The zero-order valence-corrected chi connectivity index (χ0v) is 22.6. The number of hydrogen-bond donors (Lipinski definition) is 2. The molecule has 0 spiro atoms. The van der Waals surface area contributed by atoms with Crippen molar-refractivity contribution in [2.24, 2.45) is 0 Å². The van der Waals surface area contributed by atoms with Crippen molar-refractivity contribution < 1.29 is 24.2 Å². The van der Waals surface area contributed by atoms with Crippen LogP contribution in [0.4, 0.5) is 0 Å². The molecule has 0 bridgehead atoms. The number of rotatable bonds is 21. The first kappa shape index (κ1) is 36.2. The van der Waals surface area contributed by atoms with Crippen molar-refractivity contribution in [1.82, 2.24) is 0 Å². The van der Waals surface area contributed by atoms with Gasteiger partial charge in [-0.3, -0.25) is 4.79 Å². The maximum Gasteiger partial charge on any atom is 0.305 e. The molecule has 0 aromatic heterocycles. The molecule has 0 rings (SSSR count). The summed E-state index contributed by atoms with van der Waals surface area (Å²) in [5.41, 5.74) is 0. The molecule has 0 radical (unpaired) electrons. The summed E-state index contributed by atoms with van der Waals surface area (Å²) in [7, 11) is 3.91. The van der Waals surface area contributed by atoms with Crippen LogP contribution < -0.4 is 0 Å². The average molecular weight is 502 g/mol. The fourth-order valence-electron chi connectivity index (χ4n) is 3.54. The Bertz CT molecular complexity index is 434.